The van der Waals surface area contributed by atoms with Crippen LogP contribution in [0.4, 0.5) is 4.39 Å². The summed E-state index contributed by atoms with van der Waals surface area (Å²) in [5.74, 6) is -0.283. The summed E-state index contributed by atoms with van der Waals surface area (Å²) in [6.07, 6.45) is 1.44. The Kier molecular flexibility index (Phi) is 3.37. The maximum absolute atomic E-state index is 13.2. The van der Waals surface area contributed by atoms with Crippen LogP contribution >= 0.6 is 0 Å². The highest BCUT2D eigenvalue weighted by molar-refractivity contribution is 5.36. The van der Waals surface area contributed by atoms with E-state index in [-0.39, 0.29) is 11.8 Å². The smallest absolute Gasteiger partial charge is 0.235 e. The lowest BCUT2D eigenvalue weighted by Crippen LogP contribution is -1.93. The van der Waals surface area contributed by atoms with Crippen molar-refractivity contribution in [3.8, 4) is 5.75 Å². The predicted molar refractivity (Wildman–Crippen MR) is 49.5 cm³/mol. The van der Waals surface area contributed by atoms with E-state index in [0.717, 1.165) is 0 Å². The van der Waals surface area contributed by atoms with Gasteiger partial charge in [-0.25, -0.2) is 9.18 Å². The summed E-state index contributed by atoms with van der Waals surface area (Å²) >= 11 is 0. The highest BCUT2D eigenvalue weighted by atomic mass is 19.1. The van der Waals surface area contributed by atoms with Gasteiger partial charge in [-0.2, -0.15) is 4.99 Å². The van der Waals surface area contributed by atoms with Crippen LogP contribution in [0.15, 0.2) is 23.2 Å². The fourth-order valence-corrected chi connectivity index (χ4v) is 1.10. The average molecular weight is 195 g/mol. The van der Waals surface area contributed by atoms with E-state index < -0.39 is 5.82 Å². The molecule has 0 bridgehead atoms. The molecule has 3 nitrogen and oxygen atoms in total. The van der Waals surface area contributed by atoms with Crippen LogP contribution in [-0.2, 0) is 4.79 Å². The molecular formula is C10H10FNO2. The van der Waals surface area contributed by atoms with Crippen molar-refractivity contribution in [3.05, 3.63) is 29.6 Å². The van der Waals surface area contributed by atoms with Crippen molar-refractivity contribution in [2.75, 3.05) is 7.11 Å². The van der Waals surface area contributed by atoms with E-state index in [0.29, 0.717) is 5.56 Å². The molecule has 0 saturated heterocycles. The first-order chi connectivity index (χ1) is 6.69. The molecule has 14 heavy (non-hydrogen) atoms. The van der Waals surface area contributed by atoms with Gasteiger partial charge in [-0.1, -0.05) is 6.07 Å². The number of carbonyl (C=O) groups excluding carboxylic acids is 1. The van der Waals surface area contributed by atoms with Gasteiger partial charge in [-0.15, -0.1) is 0 Å². The minimum atomic E-state index is -0.460. The molecule has 0 fully saturated rings. The van der Waals surface area contributed by atoms with Crippen LogP contribution in [0.3, 0.4) is 0 Å². The van der Waals surface area contributed by atoms with Crippen molar-refractivity contribution in [1.82, 2.24) is 0 Å². The normalized spacial score (nSPS) is 11.6. The van der Waals surface area contributed by atoms with Gasteiger partial charge in [-0.05, 0) is 24.6 Å². The third-order valence-electron chi connectivity index (χ3n) is 1.90. The Morgan fingerprint density at radius 2 is 2.29 bits per heavy atom. The van der Waals surface area contributed by atoms with Crippen molar-refractivity contribution in [3.63, 3.8) is 0 Å². The van der Waals surface area contributed by atoms with Gasteiger partial charge >= 0.3 is 0 Å². The lowest BCUT2D eigenvalue weighted by Gasteiger charge is -2.06. The maximum atomic E-state index is 13.2. The largest absolute Gasteiger partial charge is 0.494 e. The zero-order valence-corrected chi connectivity index (χ0v) is 7.95. The molecule has 1 aromatic rings. The van der Waals surface area contributed by atoms with Crippen LogP contribution in [0.5, 0.6) is 5.75 Å². The number of benzene rings is 1. The number of halogens is 1. The zero-order chi connectivity index (χ0) is 10.6. The molecule has 74 valence electrons. The molecule has 0 heterocycles. The summed E-state index contributed by atoms with van der Waals surface area (Å²) in [6.45, 7) is 1.69. The second-order valence-electron chi connectivity index (χ2n) is 2.79. The zero-order valence-electron chi connectivity index (χ0n) is 7.95. The van der Waals surface area contributed by atoms with Crippen LogP contribution in [0, 0.1) is 5.82 Å². The second-order valence-corrected chi connectivity index (χ2v) is 2.79. The van der Waals surface area contributed by atoms with Gasteiger partial charge in [0.25, 0.3) is 0 Å². The van der Waals surface area contributed by atoms with Gasteiger partial charge < -0.3 is 4.74 Å². The fourth-order valence-electron chi connectivity index (χ4n) is 1.10. The number of ether oxygens (including phenoxy) is 1. The second kappa shape index (κ2) is 4.53. The number of methoxy groups -OCH3 is 1. The molecule has 0 amide bonds. The molecule has 4 heteroatoms. The summed E-state index contributed by atoms with van der Waals surface area (Å²) in [5.41, 5.74) is 0.617. The van der Waals surface area contributed by atoms with Crippen molar-refractivity contribution in [1.29, 1.82) is 0 Å². The predicted octanol–water partition coefficient (Wildman–Crippen LogP) is 2.23. The van der Waals surface area contributed by atoms with Gasteiger partial charge in [0, 0.05) is 0 Å². The lowest BCUT2D eigenvalue weighted by atomic mass is 10.1. The SMILES string of the molecule is COc1ccc(C(C)N=C=O)cc1F. The van der Waals surface area contributed by atoms with Crippen LogP contribution in [0.1, 0.15) is 18.5 Å². The number of nitrogens with zero attached hydrogens (tertiary/aromatic N) is 1. The molecule has 1 rings (SSSR count). The molecule has 0 aromatic heterocycles. The molecule has 0 N–H and O–H groups in total. The summed E-state index contributed by atoms with van der Waals surface area (Å²) in [7, 11) is 1.39. The topological polar surface area (TPSA) is 38.7 Å². The number of hydrogen-bond donors (Lipinski definition) is 0. The molecule has 0 saturated carbocycles. The van der Waals surface area contributed by atoms with Crippen LogP contribution in [0.25, 0.3) is 0 Å². The molecule has 0 radical (unpaired) electrons. The highest BCUT2D eigenvalue weighted by Crippen LogP contribution is 2.23. The molecule has 0 aliphatic carbocycles. The third kappa shape index (κ3) is 2.18. The van der Waals surface area contributed by atoms with E-state index in [1.165, 1.54) is 25.3 Å². The maximum Gasteiger partial charge on any atom is 0.235 e. The van der Waals surface area contributed by atoms with Gasteiger partial charge in [0.2, 0.25) is 6.08 Å². The Labute approximate surface area is 81.2 Å². The van der Waals surface area contributed by atoms with Crippen LogP contribution < -0.4 is 4.74 Å². The molecule has 0 aliphatic heterocycles. The molecule has 1 aromatic carbocycles. The molecule has 1 unspecified atom stereocenters. The van der Waals surface area contributed by atoms with Gasteiger partial charge in [0.15, 0.2) is 11.6 Å². The fraction of sp³-hybridized carbons (Fsp3) is 0.300. The molecule has 0 spiro atoms. The van der Waals surface area contributed by atoms with Crippen molar-refractivity contribution in [2.45, 2.75) is 13.0 Å². The highest BCUT2D eigenvalue weighted by Gasteiger charge is 2.07. The Bertz CT molecular complexity index is 372. The van der Waals surface area contributed by atoms with Crippen LogP contribution in [-0.4, -0.2) is 13.2 Å². The Balaban J connectivity index is 3.01. The summed E-state index contributed by atoms with van der Waals surface area (Å²) in [4.78, 5) is 13.5. The molecular weight excluding hydrogens is 185 g/mol. The number of hydrogen-bond acceptors (Lipinski definition) is 3. The monoisotopic (exact) mass is 195 g/mol. The Morgan fingerprint density at radius 3 is 2.79 bits per heavy atom. The van der Waals surface area contributed by atoms with E-state index in [1.54, 1.807) is 13.0 Å². The quantitative estimate of drug-likeness (QED) is 0.548. The van der Waals surface area contributed by atoms with E-state index >= 15 is 0 Å². The average Bonchev–Trinajstić information content (AvgIpc) is 2.18. The van der Waals surface area contributed by atoms with Crippen molar-refractivity contribution in [2.24, 2.45) is 4.99 Å². The van der Waals surface area contributed by atoms with E-state index in [1.807, 2.05) is 0 Å². The Hall–Kier alpha value is -1.67. The van der Waals surface area contributed by atoms with Gasteiger partial charge in [-0.3, -0.25) is 0 Å². The lowest BCUT2D eigenvalue weighted by molar-refractivity contribution is 0.386. The van der Waals surface area contributed by atoms with Crippen molar-refractivity contribution >= 4 is 6.08 Å². The summed E-state index contributed by atoms with van der Waals surface area (Å²) in [5, 5.41) is 0. The molecule has 0 aliphatic rings. The minimum absolute atomic E-state index is 0.177. The van der Waals surface area contributed by atoms with Gasteiger partial charge in [0.05, 0.1) is 13.2 Å². The summed E-state index contributed by atoms with van der Waals surface area (Å²) in [6, 6.07) is 4.08. The standard InChI is InChI=1S/C10H10FNO2/c1-7(12-6-13)8-3-4-10(14-2)9(11)5-8/h3-5,7H,1-2H3. The van der Waals surface area contributed by atoms with E-state index in [4.69, 9.17) is 4.74 Å². The van der Waals surface area contributed by atoms with E-state index in [9.17, 15) is 9.18 Å². The van der Waals surface area contributed by atoms with E-state index in [2.05, 4.69) is 4.99 Å². The first-order valence-electron chi connectivity index (χ1n) is 4.09. The third-order valence-corrected chi connectivity index (χ3v) is 1.90. The minimum Gasteiger partial charge on any atom is -0.494 e. The number of aliphatic imine (C=N–C) groups is 1. The van der Waals surface area contributed by atoms with Crippen molar-refractivity contribution < 1.29 is 13.9 Å². The first kappa shape index (κ1) is 10.4. The number of rotatable bonds is 3. The Morgan fingerprint density at radius 1 is 1.57 bits per heavy atom. The molecule has 1 atom stereocenters. The first-order valence-corrected chi connectivity index (χ1v) is 4.09. The number of isocyanates is 1. The van der Waals surface area contributed by atoms with Gasteiger partial charge in [0.1, 0.15) is 0 Å². The van der Waals surface area contributed by atoms with Crippen LogP contribution in [0.2, 0.25) is 0 Å². The summed E-state index contributed by atoms with van der Waals surface area (Å²) < 4.78 is 17.9.